The minimum absolute atomic E-state index is 0.0473. The molecule has 0 spiro atoms. The molecule has 0 bridgehead atoms. The Morgan fingerprint density at radius 3 is 3.00 bits per heavy atom. The van der Waals surface area contributed by atoms with E-state index in [9.17, 15) is 9.60 Å². The van der Waals surface area contributed by atoms with Crippen LogP contribution in [0.25, 0.3) is 0 Å². The Bertz CT molecular complexity index is 929. The summed E-state index contributed by atoms with van der Waals surface area (Å²) >= 11 is 4.51. The lowest BCUT2D eigenvalue weighted by molar-refractivity contribution is 0.297. The van der Waals surface area contributed by atoms with Crippen molar-refractivity contribution in [2.24, 2.45) is 5.16 Å². The predicted octanol–water partition coefficient (Wildman–Crippen LogP) is 3.52. The van der Waals surface area contributed by atoms with Crippen molar-refractivity contribution in [2.75, 3.05) is 11.1 Å². The summed E-state index contributed by atoms with van der Waals surface area (Å²) in [5, 5.41) is 23.5. The van der Waals surface area contributed by atoms with Crippen molar-refractivity contribution in [3.8, 4) is 0 Å². The summed E-state index contributed by atoms with van der Waals surface area (Å²) in [4.78, 5) is 4.17. The lowest BCUT2D eigenvalue weighted by atomic mass is 10.3. The van der Waals surface area contributed by atoms with Crippen LogP contribution in [0.4, 0.5) is 10.1 Å². The van der Waals surface area contributed by atoms with Crippen molar-refractivity contribution in [3.63, 3.8) is 0 Å². The number of aryl methyl sites for hydroxylation is 2. The summed E-state index contributed by atoms with van der Waals surface area (Å²) in [5.41, 5.74) is 0.777. The zero-order chi connectivity index (χ0) is 18.5. The van der Waals surface area contributed by atoms with E-state index in [1.54, 1.807) is 6.20 Å². The van der Waals surface area contributed by atoms with Gasteiger partial charge in [0.1, 0.15) is 11.6 Å². The van der Waals surface area contributed by atoms with Crippen molar-refractivity contribution in [1.29, 1.82) is 0 Å². The molecule has 136 valence electrons. The van der Waals surface area contributed by atoms with E-state index in [2.05, 4.69) is 41.7 Å². The highest BCUT2D eigenvalue weighted by atomic mass is 79.9. The molecule has 0 atom stereocenters. The second kappa shape index (κ2) is 8.32. The maximum atomic E-state index is 13.3. The highest BCUT2D eigenvalue weighted by Gasteiger charge is 2.18. The maximum Gasteiger partial charge on any atom is 0.202 e. The lowest BCUT2D eigenvalue weighted by Gasteiger charge is -2.08. The Morgan fingerprint density at radius 2 is 2.31 bits per heavy atom. The molecule has 2 N–H and O–H groups in total. The summed E-state index contributed by atoms with van der Waals surface area (Å²) in [6, 6.07) is 4.31. The average molecular weight is 441 g/mol. The molecule has 11 heteroatoms. The van der Waals surface area contributed by atoms with Crippen molar-refractivity contribution in [2.45, 2.75) is 18.5 Å². The molecule has 0 radical (unpaired) electrons. The number of oxime groups is 1. The third-order valence-electron chi connectivity index (χ3n) is 3.46. The minimum Gasteiger partial charge on any atom is -0.409 e. The number of aromatic nitrogens is 4. The molecule has 3 rings (SSSR count). The molecule has 8 nitrogen and oxygen atoms in total. The number of hydrogen-bond donors (Lipinski definition) is 2. The number of imidazole rings is 1. The van der Waals surface area contributed by atoms with Gasteiger partial charge in [-0.2, -0.15) is 0 Å². The highest BCUT2D eigenvalue weighted by Crippen LogP contribution is 2.23. The van der Waals surface area contributed by atoms with Gasteiger partial charge >= 0.3 is 0 Å². The minimum atomic E-state index is -0.396. The molecule has 0 aliphatic carbocycles. The van der Waals surface area contributed by atoms with Crippen molar-refractivity contribution in [1.82, 2.24) is 19.9 Å². The third kappa shape index (κ3) is 4.22. The first-order valence-electron chi connectivity index (χ1n) is 7.46. The highest BCUT2D eigenvalue weighted by molar-refractivity contribution is 9.10. The van der Waals surface area contributed by atoms with Gasteiger partial charge in [-0.3, -0.25) is 0 Å². The van der Waals surface area contributed by atoms with Crippen LogP contribution in [0, 0.1) is 12.7 Å². The molecule has 0 fully saturated rings. The number of hydrogen-bond acceptors (Lipinski definition) is 7. The van der Waals surface area contributed by atoms with Crippen LogP contribution in [0.2, 0.25) is 0 Å². The first-order chi connectivity index (χ1) is 12.6. The van der Waals surface area contributed by atoms with Gasteiger partial charge in [-0.1, -0.05) is 16.9 Å². The van der Waals surface area contributed by atoms with E-state index >= 15 is 0 Å². The summed E-state index contributed by atoms with van der Waals surface area (Å²) in [5.74, 6) is 1.27. The Labute approximate surface area is 160 Å². The first-order valence-corrected chi connectivity index (χ1v) is 9.24. The van der Waals surface area contributed by atoms with E-state index < -0.39 is 5.82 Å². The second-order valence-corrected chi connectivity index (χ2v) is 7.07. The van der Waals surface area contributed by atoms with Crippen molar-refractivity contribution in [3.05, 3.63) is 52.4 Å². The monoisotopic (exact) mass is 440 g/mol. The van der Waals surface area contributed by atoms with E-state index in [1.807, 2.05) is 17.7 Å². The van der Waals surface area contributed by atoms with E-state index in [-0.39, 0.29) is 16.0 Å². The molecule has 0 amide bonds. The molecule has 0 saturated carbocycles. The van der Waals surface area contributed by atoms with Gasteiger partial charge in [0.25, 0.3) is 0 Å². The van der Waals surface area contributed by atoms with E-state index in [0.717, 1.165) is 12.4 Å². The van der Waals surface area contributed by atoms with Crippen LogP contribution in [0.1, 0.15) is 11.5 Å². The van der Waals surface area contributed by atoms with Gasteiger partial charge in [0.2, 0.25) is 5.84 Å². The largest absolute Gasteiger partial charge is 0.409 e. The average Bonchev–Trinajstić information content (AvgIpc) is 3.25. The van der Waals surface area contributed by atoms with Gasteiger partial charge in [-0.25, -0.2) is 14.0 Å². The summed E-state index contributed by atoms with van der Waals surface area (Å²) in [6.07, 6.45) is 3.64. The van der Waals surface area contributed by atoms with Crippen LogP contribution < -0.4 is 5.32 Å². The van der Waals surface area contributed by atoms with Gasteiger partial charge < -0.3 is 15.1 Å². The zero-order valence-corrected chi connectivity index (χ0v) is 16.0. The maximum absolute atomic E-state index is 13.3. The van der Waals surface area contributed by atoms with E-state index in [0.29, 0.717) is 16.5 Å². The summed E-state index contributed by atoms with van der Waals surface area (Å²) < 4.78 is 20.4. The quantitative estimate of drug-likeness (QED) is 0.199. The SMILES string of the molecule is Cc1nccn1CCSc1nonc1/C(=N\O)Nc1ccc(F)c(Br)c1. The number of nitrogens with one attached hydrogen (secondary N) is 1. The molecule has 26 heavy (non-hydrogen) atoms. The molecule has 0 saturated heterocycles. The van der Waals surface area contributed by atoms with Crippen LogP contribution >= 0.6 is 27.7 Å². The molecule has 0 aliphatic heterocycles. The van der Waals surface area contributed by atoms with E-state index in [1.165, 1.54) is 30.0 Å². The Morgan fingerprint density at radius 1 is 1.46 bits per heavy atom. The van der Waals surface area contributed by atoms with E-state index in [4.69, 9.17) is 4.63 Å². The lowest BCUT2D eigenvalue weighted by Crippen LogP contribution is -2.15. The predicted molar refractivity (Wildman–Crippen MR) is 98.0 cm³/mol. The smallest absolute Gasteiger partial charge is 0.202 e. The van der Waals surface area contributed by atoms with Gasteiger partial charge in [-0.15, -0.1) is 0 Å². The van der Waals surface area contributed by atoms with Gasteiger partial charge in [0.05, 0.1) is 4.47 Å². The Balaban J connectivity index is 1.69. The fraction of sp³-hybridized carbons (Fsp3) is 0.200. The number of thioether (sulfide) groups is 1. The van der Waals surface area contributed by atoms with Crippen LogP contribution in [-0.4, -0.2) is 36.7 Å². The Kier molecular flexibility index (Phi) is 5.89. The normalized spacial score (nSPS) is 11.7. The van der Waals surface area contributed by atoms with Crippen LogP contribution in [0.15, 0.2) is 49.9 Å². The fourth-order valence-electron chi connectivity index (χ4n) is 2.14. The molecule has 0 aliphatic rings. The number of amidine groups is 1. The standard InChI is InChI=1S/C15H14BrFN6O2S/c1-9-18-4-5-23(9)6-7-26-15-13(21-25-22-15)14(20-24)19-10-2-3-12(17)11(16)8-10/h2-5,8,24H,6-7H2,1H3,(H,19,20). The van der Waals surface area contributed by atoms with Gasteiger partial charge in [0, 0.05) is 30.4 Å². The second-order valence-electron chi connectivity index (χ2n) is 5.14. The van der Waals surface area contributed by atoms with Crippen molar-refractivity contribution >= 4 is 39.2 Å². The molecule has 2 aromatic heterocycles. The zero-order valence-electron chi connectivity index (χ0n) is 13.6. The first kappa shape index (κ1) is 18.4. The number of anilines is 1. The summed E-state index contributed by atoms with van der Waals surface area (Å²) in [6.45, 7) is 2.65. The van der Waals surface area contributed by atoms with Crippen LogP contribution in [-0.2, 0) is 6.54 Å². The van der Waals surface area contributed by atoms with Gasteiger partial charge in [0.15, 0.2) is 10.7 Å². The number of nitrogens with zero attached hydrogens (tertiary/aromatic N) is 5. The van der Waals surface area contributed by atoms with Crippen LogP contribution in [0.5, 0.6) is 0 Å². The third-order valence-corrected chi connectivity index (χ3v) is 5.00. The molecule has 0 unspecified atom stereocenters. The number of rotatable bonds is 6. The summed E-state index contributed by atoms with van der Waals surface area (Å²) in [7, 11) is 0. The molecular formula is C15H14BrFN6O2S. The van der Waals surface area contributed by atoms with Crippen LogP contribution in [0.3, 0.4) is 0 Å². The van der Waals surface area contributed by atoms with Gasteiger partial charge in [-0.05, 0) is 51.4 Å². The molecule has 2 heterocycles. The topological polar surface area (TPSA) is 101 Å². The Hall–Kier alpha value is -2.40. The number of benzene rings is 1. The molecular weight excluding hydrogens is 427 g/mol. The number of halogens is 2. The molecule has 3 aromatic rings. The fourth-order valence-corrected chi connectivity index (χ4v) is 3.36. The van der Waals surface area contributed by atoms with Crippen molar-refractivity contribution < 1.29 is 14.2 Å². The molecule has 1 aromatic carbocycles.